The Hall–Kier alpha value is -2.74. The number of aryl methyl sites for hydroxylation is 2. The molecule has 0 bridgehead atoms. The van der Waals surface area contributed by atoms with Gasteiger partial charge in [-0.25, -0.2) is 4.79 Å². The molecule has 7 heteroatoms. The van der Waals surface area contributed by atoms with Gasteiger partial charge in [-0.2, -0.15) is 0 Å². The summed E-state index contributed by atoms with van der Waals surface area (Å²) in [4.78, 5) is 26.2. The topological polar surface area (TPSA) is 90.5 Å². The number of methoxy groups -OCH3 is 1. The van der Waals surface area contributed by atoms with Crippen LogP contribution in [-0.2, 0) is 4.79 Å². The Morgan fingerprint density at radius 2 is 1.88 bits per heavy atom. The van der Waals surface area contributed by atoms with Gasteiger partial charge in [0.25, 0.3) is 5.91 Å². The molecule has 4 rings (SSSR count). The number of amides is 2. The number of hydrogen-bond acceptors (Lipinski definition) is 5. The van der Waals surface area contributed by atoms with Crippen LogP contribution in [0.5, 0.6) is 5.75 Å². The average molecular weight is 452 g/mol. The van der Waals surface area contributed by atoms with Crippen molar-refractivity contribution in [3.8, 4) is 5.75 Å². The number of piperidine rings is 2. The molecule has 0 radical (unpaired) electrons. The van der Waals surface area contributed by atoms with E-state index in [0.29, 0.717) is 29.8 Å². The van der Waals surface area contributed by atoms with Gasteiger partial charge in [0, 0.05) is 36.2 Å². The predicted molar refractivity (Wildman–Crippen MR) is 128 cm³/mol. The van der Waals surface area contributed by atoms with E-state index in [2.05, 4.69) is 17.6 Å². The van der Waals surface area contributed by atoms with Crippen LogP contribution in [0, 0.1) is 25.0 Å². The molecule has 5 unspecified atom stereocenters. The normalized spacial score (nSPS) is 29.3. The minimum atomic E-state index is -0.833. The fourth-order valence-electron chi connectivity index (χ4n) is 5.37. The van der Waals surface area contributed by atoms with E-state index in [1.165, 1.54) is 7.05 Å². The van der Waals surface area contributed by atoms with Crippen LogP contribution in [0.25, 0.3) is 0 Å². The summed E-state index contributed by atoms with van der Waals surface area (Å²) in [5, 5.41) is 19.9. The zero-order valence-corrected chi connectivity index (χ0v) is 20.0. The van der Waals surface area contributed by atoms with Crippen molar-refractivity contribution in [1.29, 1.82) is 0 Å². The first kappa shape index (κ1) is 23.4. The number of benzene rings is 2. The standard InChI is InChI=1S/C26H33N3O4/c1-15-7-9-20(28-25(30)18-8-6-16(2)24(12-18)33-5)13-21(15)22-11-19-14-27-17(3)10-23(19)29(4,32)26(22)31/h6-9,12-13,17,19,22-23,27H,10-11,14H2,1-5H3,(H,28,30). The van der Waals surface area contributed by atoms with Gasteiger partial charge in [-0.1, -0.05) is 12.1 Å². The maximum Gasteiger partial charge on any atom is 0.321 e. The minimum Gasteiger partial charge on any atom is -0.625 e. The molecule has 2 aliphatic heterocycles. The Morgan fingerprint density at radius 3 is 2.61 bits per heavy atom. The molecular weight excluding hydrogens is 418 g/mol. The summed E-state index contributed by atoms with van der Waals surface area (Å²) in [5.74, 6) is -0.241. The van der Waals surface area contributed by atoms with Crippen LogP contribution in [0.3, 0.4) is 0 Å². The van der Waals surface area contributed by atoms with Crippen LogP contribution in [0.1, 0.15) is 52.7 Å². The molecule has 2 aromatic rings. The maximum absolute atomic E-state index is 13.5. The molecular formula is C26H33N3O4. The van der Waals surface area contributed by atoms with E-state index in [-0.39, 0.29) is 29.8 Å². The summed E-state index contributed by atoms with van der Waals surface area (Å²) in [7, 11) is 3.09. The largest absolute Gasteiger partial charge is 0.625 e. The molecule has 5 atom stereocenters. The Kier molecular flexibility index (Phi) is 6.31. The summed E-state index contributed by atoms with van der Waals surface area (Å²) in [6, 6.07) is 10.9. The van der Waals surface area contributed by atoms with Gasteiger partial charge in [0.1, 0.15) is 17.7 Å². The first-order valence-corrected chi connectivity index (χ1v) is 11.5. The Labute approximate surface area is 195 Å². The van der Waals surface area contributed by atoms with Crippen LogP contribution >= 0.6 is 0 Å². The lowest BCUT2D eigenvalue weighted by molar-refractivity contribution is -0.822. The van der Waals surface area contributed by atoms with Crippen molar-refractivity contribution in [3.05, 3.63) is 63.9 Å². The fraction of sp³-hybridized carbons (Fsp3) is 0.462. The number of quaternary nitrogens is 1. The Balaban J connectivity index is 1.60. The molecule has 2 saturated heterocycles. The zero-order valence-electron chi connectivity index (χ0n) is 20.0. The lowest BCUT2D eigenvalue weighted by Crippen LogP contribution is -2.65. The molecule has 2 aromatic carbocycles. The number of nitrogens with one attached hydrogen (secondary N) is 2. The van der Waals surface area contributed by atoms with Gasteiger partial charge >= 0.3 is 5.91 Å². The number of fused-ring (bicyclic) bond motifs is 1. The highest BCUT2D eigenvalue weighted by Crippen LogP contribution is 2.42. The van der Waals surface area contributed by atoms with Gasteiger partial charge in [-0.3, -0.25) is 9.44 Å². The van der Waals surface area contributed by atoms with Crippen molar-refractivity contribution < 1.29 is 19.0 Å². The highest BCUT2D eigenvalue weighted by atomic mass is 16.6. The van der Waals surface area contributed by atoms with Crippen molar-refractivity contribution in [2.75, 3.05) is 26.0 Å². The van der Waals surface area contributed by atoms with E-state index in [1.807, 2.05) is 38.1 Å². The monoisotopic (exact) mass is 451 g/mol. The number of hydroxylamine groups is 3. The summed E-state index contributed by atoms with van der Waals surface area (Å²) in [6.45, 7) is 6.67. The molecule has 2 N–H and O–H groups in total. The van der Waals surface area contributed by atoms with Gasteiger partial charge in [0.15, 0.2) is 0 Å². The smallest absolute Gasteiger partial charge is 0.321 e. The summed E-state index contributed by atoms with van der Waals surface area (Å²) < 4.78 is 4.49. The van der Waals surface area contributed by atoms with E-state index < -0.39 is 10.6 Å². The SMILES string of the molecule is COc1cc(C(=O)Nc2ccc(C)c(C3CC4CNC(C)CC4[N+](C)([O-])C3=O)c2)ccc1C. The van der Waals surface area contributed by atoms with Gasteiger partial charge in [0.2, 0.25) is 0 Å². The molecule has 33 heavy (non-hydrogen) atoms. The van der Waals surface area contributed by atoms with Crippen molar-refractivity contribution in [2.45, 2.75) is 51.6 Å². The maximum atomic E-state index is 13.5. The highest BCUT2D eigenvalue weighted by molar-refractivity contribution is 6.04. The molecule has 2 amide bonds. The van der Waals surface area contributed by atoms with Crippen LogP contribution in [-0.4, -0.2) is 49.2 Å². The molecule has 7 nitrogen and oxygen atoms in total. The molecule has 0 aromatic heterocycles. The third-order valence-electron chi connectivity index (χ3n) is 7.36. The van der Waals surface area contributed by atoms with Crippen molar-refractivity contribution in [2.24, 2.45) is 5.92 Å². The molecule has 2 aliphatic rings. The number of likely N-dealkylation sites (N-methyl/N-ethyl adjacent to an activating group) is 1. The fourth-order valence-corrected chi connectivity index (χ4v) is 5.37. The highest BCUT2D eigenvalue weighted by Gasteiger charge is 2.50. The van der Waals surface area contributed by atoms with E-state index in [1.54, 1.807) is 19.2 Å². The van der Waals surface area contributed by atoms with E-state index in [4.69, 9.17) is 4.74 Å². The number of hydrogen-bond donors (Lipinski definition) is 2. The molecule has 2 heterocycles. The number of carbonyl (C=O) groups excluding carboxylic acids is 2. The summed E-state index contributed by atoms with van der Waals surface area (Å²) in [6.07, 6.45) is 1.35. The minimum absolute atomic E-state index is 0.143. The van der Waals surface area contributed by atoms with Crippen LogP contribution in [0.4, 0.5) is 5.69 Å². The van der Waals surface area contributed by atoms with Crippen molar-refractivity contribution >= 4 is 17.5 Å². The van der Waals surface area contributed by atoms with Crippen LogP contribution in [0.2, 0.25) is 0 Å². The van der Waals surface area contributed by atoms with Crippen LogP contribution < -0.4 is 15.4 Å². The van der Waals surface area contributed by atoms with Gasteiger partial charge in [-0.15, -0.1) is 0 Å². The first-order chi connectivity index (χ1) is 15.6. The quantitative estimate of drug-likeness (QED) is 0.544. The number of nitrogens with zero attached hydrogens (tertiary/aromatic N) is 1. The number of rotatable bonds is 4. The molecule has 0 aliphatic carbocycles. The number of likely N-dealkylation sites (tertiary alicyclic amines) is 1. The lowest BCUT2D eigenvalue weighted by Gasteiger charge is -2.54. The van der Waals surface area contributed by atoms with E-state index in [9.17, 15) is 14.8 Å². The second kappa shape index (κ2) is 8.89. The number of anilines is 1. The third kappa shape index (κ3) is 4.40. The predicted octanol–water partition coefficient (Wildman–Crippen LogP) is 3.89. The van der Waals surface area contributed by atoms with E-state index >= 15 is 0 Å². The molecule has 0 spiro atoms. The second-order valence-electron chi connectivity index (χ2n) is 9.70. The van der Waals surface area contributed by atoms with Crippen molar-refractivity contribution in [3.63, 3.8) is 0 Å². The van der Waals surface area contributed by atoms with Gasteiger partial charge < -0.3 is 20.6 Å². The molecule has 176 valence electrons. The van der Waals surface area contributed by atoms with Gasteiger partial charge in [-0.05, 0) is 68.1 Å². The average Bonchev–Trinajstić information content (AvgIpc) is 2.78. The van der Waals surface area contributed by atoms with E-state index in [0.717, 1.165) is 23.2 Å². The molecule has 2 fully saturated rings. The van der Waals surface area contributed by atoms with Crippen LogP contribution in [0.15, 0.2) is 36.4 Å². The zero-order chi connectivity index (χ0) is 23.9. The molecule has 0 saturated carbocycles. The summed E-state index contributed by atoms with van der Waals surface area (Å²) in [5.41, 5.74) is 3.80. The Morgan fingerprint density at radius 1 is 1.15 bits per heavy atom. The number of carbonyl (C=O) groups is 2. The second-order valence-corrected chi connectivity index (χ2v) is 9.70. The lowest BCUT2D eigenvalue weighted by atomic mass is 9.74. The van der Waals surface area contributed by atoms with Crippen molar-refractivity contribution in [1.82, 2.24) is 5.32 Å². The first-order valence-electron chi connectivity index (χ1n) is 11.5. The Bertz CT molecular complexity index is 1080. The number of ether oxygens (including phenoxy) is 1. The van der Waals surface area contributed by atoms with Gasteiger partial charge in [0.05, 0.1) is 14.2 Å². The third-order valence-corrected chi connectivity index (χ3v) is 7.36. The summed E-state index contributed by atoms with van der Waals surface area (Å²) >= 11 is 0.